The number of ether oxygens (including phenoxy) is 3. The molecule has 8 nitrogen and oxygen atoms in total. The van der Waals surface area contributed by atoms with Gasteiger partial charge < -0.3 is 14.2 Å². The van der Waals surface area contributed by atoms with E-state index in [4.69, 9.17) is 14.2 Å². The highest BCUT2D eigenvalue weighted by Crippen LogP contribution is 2.23. The summed E-state index contributed by atoms with van der Waals surface area (Å²) in [7, 11) is 3.16. The zero-order chi connectivity index (χ0) is 19.1. The van der Waals surface area contributed by atoms with Crippen LogP contribution >= 0.6 is 0 Å². The molecule has 2 N–H and O–H groups in total. The Morgan fingerprint density at radius 3 is 2.63 bits per heavy atom. The molecular weight excluding hydrogens is 348 g/mol. The van der Waals surface area contributed by atoms with Crippen molar-refractivity contribution in [3.63, 3.8) is 0 Å². The Labute approximate surface area is 156 Å². The highest BCUT2D eigenvalue weighted by atomic mass is 16.6. The summed E-state index contributed by atoms with van der Waals surface area (Å²) in [5, 5.41) is 9.85. The summed E-state index contributed by atoms with van der Waals surface area (Å²) >= 11 is 0. The lowest BCUT2D eigenvalue weighted by Crippen LogP contribution is -2.16. The monoisotopic (exact) mass is 368 g/mol. The average Bonchev–Trinajstić information content (AvgIpc) is 3.19. The molecule has 1 amide bonds. The van der Waals surface area contributed by atoms with Crippen molar-refractivity contribution in [3.05, 3.63) is 48.5 Å². The number of aromatic amines is 1. The lowest BCUT2D eigenvalue weighted by Gasteiger charge is -2.07. The summed E-state index contributed by atoms with van der Waals surface area (Å²) in [5.41, 5.74) is 2.25. The van der Waals surface area contributed by atoms with Crippen molar-refractivity contribution in [2.24, 2.45) is 0 Å². The minimum absolute atomic E-state index is 0.189. The van der Waals surface area contributed by atoms with Crippen molar-refractivity contribution in [1.29, 1.82) is 0 Å². The molecule has 1 heterocycles. The molecule has 0 saturated carbocycles. The number of hydrogen-bond donors (Lipinski definition) is 2. The summed E-state index contributed by atoms with van der Waals surface area (Å²) < 4.78 is 15.0. The number of rotatable bonds is 7. The fourth-order valence-electron chi connectivity index (χ4n) is 2.38. The van der Waals surface area contributed by atoms with Gasteiger partial charge in [-0.2, -0.15) is 5.10 Å². The van der Waals surface area contributed by atoms with Crippen LogP contribution in [0.25, 0.3) is 22.8 Å². The van der Waals surface area contributed by atoms with Crippen LogP contribution in [0.4, 0.5) is 10.5 Å². The normalized spacial score (nSPS) is 10.4. The average molecular weight is 368 g/mol. The van der Waals surface area contributed by atoms with E-state index < -0.39 is 6.09 Å². The second kappa shape index (κ2) is 8.81. The summed E-state index contributed by atoms with van der Waals surface area (Å²) in [6, 6.07) is 14.7. The van der Waals surface area contributed by atoms with E-state index >= 15 is 0 Å². The van der Waals surface area contributed by atoms with E-state index in [2.05, 4.69) is 20.5 Å². The van der Waals surface area contributed by atoms with Crippen molar-refractivity contribution in [2.75, 3.05) is 32.8 Å². The number of carbonyl (C=O) groups excluding carboxylic acids is 1. The van der Waals surface area contributed by atoms with E-state index in [0.29, 0.717) is 23.9 Å². The fourth-order valence-corrected chi connectivity index (χ4v) is 2.38. The van der Waals surface area contributed by atoms with Crippen LogP contribution in [0.2, 0.25) is 0 Å². The van der Waals surface area contributed by atoms with Crippen LogP contribution in [0.3, 0.4) is 0 Å². The third-order valence-electron chi connectivity index (χ3n) is 3.74. The van der Waals surface area contributed by atoms with Crippen molar-refractivity contribution < 1.29 is 19.0 Å². The number of nitrogens with zero attached hydrogens (tertiary/aromatic N) is 2. The van der Waals surface area contributed by atoms with Gasteiger partial charge in [0.2, 0.25) is 0 Å². The van der Waals surface area contributed by atoms with Gasteiger partial charge in [-0.25, -0.2) is 9.78 Å². The Morgan fingerprint density at radius 2 is 1.89 bits per heavy atom. The molecule has 0 aliphatic carbocycles. The highest BCUT2D eigenvalue weighted by Gasteiger charge is 2.10. The number of benzene rings is 2. The molecule has 0 aliphatic heterocycles. The smallest absolute Gasteiger partial charge is 0.411 e. The molecule has 2 aromatic carbocycles. The number of hydrogen-bond acceptors (Lipinski definition) is 6. The fraction of sp³-hybridized carbons (Fsp3) is 0.211. The minimum atomic E-state index is -0.543. The Hall–Kier alpha value is -3.39. The molecule has 3 aromatic rings. The molecule has 0 radical (unpaired) electrons. The van der Waals surface area contributed by atoms with Crippen molar-refractivity contribution in [2.45, 2.75) is 0 Å². The van der Waals surface area contributed by atoms with Gasteiger partial charge in [-0.05, 0) is 36.4 Å². The number of aromatic nitrogens is 3. The highest BCUT2D eigenvalue weighted by molar-refractivity contribution is 5.85. The van der Waals surface area contributed by atoms with E-state index in [1.165, 1.54) is 0 Å². The van der Waals surface area contributed by atoms with Gasteiger partial charge >= 0.3 is 6.09 Å². The molecule has 140 valence electrons. The minimum Gasteiger partial charge on any atom is -0.497 e. The molecular formula is C19H20N4O4. The maximum Gasteiger partial charge on any atom is 0.411 e. The number of H-pyrrole nitrogens is 1. The van der Waals surface area contributed by atoms with Crippen LogP contribution in [0.1, 0.15) is 0 Å². The SMILES string of the molecule is COCCOC(=O)Nc1cccc(-c2n[nH]c(-c3ccc(OC)cc3)n2)c1. The van der Waals surface area contributed by atoms with Gasteiger partial charge in [0.25, 0.3) is 0 Å². The molecule has 0 fully saturated rings. The number of methoxy groups -OCH3 is 2. The Kier molecular flexibility index (Phi) is 6.01. The van der Waals surface area contributed by atoms with Gasteiger partial charge in [-0.3, -0.25) is 10.4 Å². The standard InChI is InChI=1S/C19H20N4O4/c1-25-10-11-27-19(24)20-15-5-3-4-14(12-15)18-21-17(22-23-18)13-6-8-16(26-2)9-7-13/h3-9,12H,10-11H2,1-2H3,(H,20,24)(H,21,22,23). The van der Waals surface area contributed by atoms with Crippen molar-refractivity contribution >= 4 is 11.8 Å². The van der Waals surface area contributed by atoms with Crippen LogP contribution in [-0.4, -0.2) is 48.7 Å². The summed E-state index contributed by atoms with van der Waals surface area (Å²) in [6.07, 6.45) is -0.543. The Balaban J connectivity index is 1.71. The van der Waals surface area contributed by atoms with E-state index in [1.807, 2.05) is 36.4 Å². The number of carbonyl (C=O) groups is 1. The summed E-state index contributed by atoms with van der Waals surface area (Å²) in [6.45, 7) is 0.535. The van der Waals surface area contributed by atoms with E-state index in [0.717, 1.165) is 16.9 Å². The quantitative estimate of drug-likeness (QED) is 0.621. The van der Waals surface area contributed by atoms with Crippen LogP contribution in [-0.2, 0) is 9.47 Å². The maximum absolute atomic E-state index is 11.7. The molecule has 1 aromatic heterocycles. The summed E-state index contributed by atoms with van der Waals surface area (Å²) in [5.74, 6) is 1.94. The lowest BCUT2D eigenvalue weighted by molar-refractivity contribution is 0.107. The second-order valence-electron chi connectivity index (χ2n) is 5.57. The summed E-state index contributed by atoms with van der Waals surface area (Å²) in [4.78, 5) is 16.3. The molecule has 3 rings (SSSR count). The van der Waals surface area contributed by atoms with Gasteiger partial charge in [-0.15, -0.1) is 0 Å². The molecule has 0 saturated heterocycles. The van der Waals surface area contributed by atoms with E-state index in [-0.39, 0.29) is 6.61 Å². The van der Waals surface area contributed by atoms with Gasteiger partial charge in [0, 0.05) is 23.9 Å². The molecule has 0 atom stereocenters. The third kappa shape index (κ3) is 4.83. The first-order valence-electron chi connectivity index (χ1n) is 8.29. The second-order valence-corrected chi connectivity index (χ2v) is 5.57. The third-order valence-corrected chi connectivity index (χ3v) is 3.74. The predicted molar refractivity (Wildman–Crippen MR) is 101 cm³/mol. The molecule has 0 spiro atoms. The largest absolute Gasteiger partial charge is 0.497 e. The van der Waals surface area contributed by atoms with Gasteiger partial charge in [0.05, 0.1) is 13.7 Å². The van der Waals surface area contributed by atoms with Crippen LogP contribution in [0.5, 0.6) is 5.75 Å². The first-order valence-corrected chi connectivity index (χ1v) is 8.29. The zero-order valence-electron chi connectivity index (χ0n) is 15.1. The van der Waals surface area contributed by atoms with E-state index in [9.17, 15) is 4.79 Å². The number of nitrogens with one attached hydrogen (secondary N) is 2. The predicted octanol–water partition coefficient (Wildman–Crippen LogP) is 3.34. The molecule has 0 unspecified atom stereocenters. The number of anilines is 1. The van der Waals surface area contributed by atoms with Crippen LogP contribution in [0.15, 0.2) is 48.5 Å². The zero-order valence-corrected chi connectivity index (χ0v) is 15.1. The lowest BCUT2D eigenvalue weighted by atomic mass is 10.2. The first-order chi connectivity index (χ1) is 13.2. The molecule has 27 heavy (non-hydrogen) atoms. The molecule has 0 aliphatic rings. The molecule has 0 bridgehead atoms. The van der Waals surface area contributed by atoms with Gasteiger partial charge in [0.1, 0.15) is 12.4 Å². The van der Waals surface area contributed by atoms with Crippen LogP contribution in [0, 0.1) is 0 Å². The van der Waals surface area contributed by atoms with Crippen molar-refractivity contribution in [3.8, 4) is 28.5 Å². The Bertz CT molecular complexity index is 893. The van der Waals surface area contributed by atoms with Gasteiger partial charge in [0.15, 0.2) is 11.6 Å². The topological polar surface area (TPSA) is 98.4 Å². The molecule has 8 heteroatoms. The maximum atomic E-state index is 11.7. The van der Waals surface area contributed by atoms with Gasteiger partial charge in [-0.1, -0.05) is 12.1 Å². The van der Waals surface area contributed by atoms with Crippen LogP contribution < -0.4 is 10.1 Å². The Morgan fingerprint density at radius 1 is 1.07 bits per heavy atom. The van der Waals surface area contributed by atoms with E-state index in [1.54, 1.807) is 26.4 Å². The first kappa shape index (κ1) is 18.4. The number of amides is 1. The van der Waals surface area contributed by atoms with Crippen molar-refractivity contribution in [1.82, 2.24) is 15.2 Å².